The second-order valence-corrected chi connectivity index (χ2v) is 11.4. The second kappa shape index (κ2) is 13.5. The first-order valence-electron chi connectivity index (χ1n) is 12.6. The molecule has 0 heterocycles. The average molecular weight is 572 g/mol. The van der Waals surface area contributed by atoms with Crippen LogP contribution >= 0.6 is 11.6 Å². The minimum absolute atomic E-state index is 0.00895. The number of ether oxygens (including phenoxy) is 1. The maximum Gasteiger partial charge on any atom is 0.264 e. The molecule has 0 aromatic heterocycles. The van der Waals surface area contributed by atoms with Gasteiger partial charge in [0.15, 0.2) is 0 Å². The van der Waals surface area contributed by atoms with Crippen molar-refractivity contribution in [1.29, 1.82) is 0 Å². The zero-order valence-corrected chi connectivity index (χ0v) is 24.1. The van der Waals surface area contributed by atoms with Gasteiger partial charge in [0.1, 0.15) is 18.3 Å². The molecule has 0 saturated carbocycles. The number of carbonyl (C=O) groups is 2. The SMILES string of the molecule is CCCNC(=O)[C@H](C)N(Cc1ccc(Cl)cc1)C(=O)CN(c1ccc(C)cc1)S(=O)(=O)c1ccc(OC)cc1. The molecule has 0 aliphatic heterocycles. The molecule has 0 spiro atoms. The number of amides is 2. The number of hydrogen-bond donors (Lipinski definition) is 1. The van der Waals surface area contributed by atoms with Crippen LogP contribution in [0.3, 0.4) is 0 Å². The van der Waals surface area contributed by atoms with E-state index in [1.54, 1.807) is 67.6 Å². The number of sulfonamides is 1. The van der Waals surface area contributed by atoms with E-state index in [0.717, 1.165) is 21.9 Å². The van der Waals surface area contributed by atoms with E-state index < -0.39 is 28.5 Å². The van der Waals surface area contributed by atoms with Crippen molar-refractivity contribution in [2.75, 3.05) is 24.5 Å². The molecule has 3 aromatic carbocycles. The molecule has 8 nitrogen and oxygen atoms in total. The van der Waals surface area contributed by atoms with Gasteiger partial charge in [0, 0.05) is 18.1 Å². The summed E-state index contributed by atoms with van der Waals surface area (Å²) in [5, 5.41) is 3.37. The Morgan fingerprint density at radius 1 is 0.974 bits per heavy atom. The average Bonchev–Trinajstić information content (AvgIpc) is 2.94. The van der Waals surface area contributed by atoms with E-state index in [1.165, 1.54) is 24.1 Å². The third kappa shape index (κ3) is 7.74. The Morgan fingerprint density at radius 2 is 1.59 bits per heavy atom. The molecule has 3 aromatic rings. The molecule has 10 heteroatoms. The fourth-order valence-corrected chi connectivity index (χ4v) is 5.42. The van der Waals surface area contributed by atoms with Crippen LogP contribution in [-0.4, -0.2) is 51.4 Å². The Bertz CT molecular complexity index is 1360. The third-order valence-corrected chi connectivity index (χ3v) is 8.27. The molecule has 0 radical (unpaired) electrons. The van der Waals surface area contributed by atoms with Gasteiger partial charge >= 0.3 is 0 Å². The van der Waals surface area contributed by atoms with E-state index in [0.29, 0.717) is 23.0 Å². The molecule has 208 valence electrons. The van der Waals surface area contributed by atoms with Crippen LogP contribution in [0.25, 0.3) is 0 Å². The second-order valence-electron chi connectivity index (χ2n) is 9.14. The molecule has 0 aliphatic rings. The van der Waals surface area contributed by atoms with Crippen LogP contribution in [-0.2, 0) is 26.2 Å². The van der Waals surface area contributed by atoms with Crippen LogP contribution < -0.4 is 14.4 Å². The van der Waals surface area contributed by atoms with Gasteiger partial charge in [0.25, 0.3) is 10.0 Å². The van der Waals surface area contributed by atoms with Gasteiger partial charge in [-0.3, -0.25) is 13.9 Å². The Morgan fingerprint density at radius 3 is 2.15 bits per heavy atom. The number of anilines is 1. The summed E-state index contributed by atoms with van der Waals surface area (Å²) < 4.78 is 33.9. The standard InChI is InChI=1S/C29H34ClN3O5S/c1-5-18-31-29(35)22(3)32(19-23-8-10-24(30)11-9-23)28(34)20-33(25-12-6-21(2)7-13-25)39(36,37)27-16-14-26(38-4)15-17-27/h6-17,22H,5,18-20H2,1-4H3,(H,31,35)/t22-/m0/s1. The largest absolute Gasteiger partial charge is 0.497 e. The number of nitrogens with one attached hydrogen (secondary N) is 1. The van der Waals surface area contributed by atoms with Crippen LogP contribution in [0, 0.1) is 6.92 Å². The highest BCUT2D eigenvalue weighted by Crippen LogP contribution is 2.26. The maximum absolute atomic E-state index is 13.9. The Labute approximate surface area is 235 Å². The molecule has 0 fully saturated rings. The van der Waals surface area contributed by atoms with Gasteiger partial charge in [0.2, 0.25) is 11.8 Å². The van der Waals surface area contributed by atoms with Crippen LogP contribution in [0.5, 0.6) is 5.75 Å². The molecular formula is C29H34ClN3O5S. The topological polar surface area (TPSA) is 96.0 Å². The third-order valence-electron chi connectivity index (χ3n) is 6.23. The van der Waals surface area contributed by atoms with Crippen molar-refractivity contribution in [1.82, 2.24) is 10.2 Å². The predicted molar refractivity (Wildman–Crippen MR) is 153 cm³/mol. The summed E-state index contributed by atoms with van der Waals surface area (Å²) in [5.41, 5.74) is 2.03. The van der Waals surface area contributed by atoms with Gasteiger partial charge in [0.05, 0.1) is 17.7 Å². The highest BCUT2D eigenvalue weighted by molar-refractivity contribution is 7.92. The number of carbonyl (C=O) groups excluding carboxylic acids is 2. The molecule has 0 unspecified atom stereocenters. The highest BCUT2D eigenvalue weighted by Gasteiger charge is 2.32. The Kier molecular flexibility index (Phi) is 10.4. The molecule has 1 atom stereocenters. The van der Waals surface area contributed by atoms with E-state index in [-0.39, 0.29) is 17.3 Å². The van der Waals surface area contributed by atoms with E-state index in [9.17, 15) is 18.0 Å². The minimum Gasteiger partial charge on any atom is -0.497 e. The number of methoxy groups -OCH3 is 1. The number of rotatable bonds is 12. The summed E-state index contributed by atoms with van der Waals surface area (Å²) in [6, 6.07) is 18.9. The smallest absolute Gasteiger partial charge is 0.264 e. The van der Waals surface area contributed by atoms with Gasteiger partial charge < -0.3 is 15.0 Å². The molecule has 0 bridgehead atoms. The zero-order chi connectivity index (χ0) is 28.6. The lowest BCUT2D eigenvalue weighted by molar-refractivity contribution is -0.139. The first kappa shape index (κ1) is 30.0. The van der Waals surface area contributed by atoms with Crippen molar-refractivity contribution < 1.29 is 22.7 Å². The van der Waals surface area contributed by atoms with Crippen molar-refractivity contribution in [3.05, 3.63) is 88.9 Å². The quantitative estimate of drug-likeness (QED) is 0.337. The van der Waals surface area contributed by atoms with Crippen molar-refractivity contribution in [3.63, 3.8) is 0 Å². The normalized spacial score (nSPS) is 11.9. The summed E-state index contributed by atoms with van der Waals surface area (Å²) in [5.74, 6) is -0.339. The Hall–Kier alpha value is -3.56. The van der Waals surface area contributed by atoms with Crippen molar-refractivity contribution >= 4 is 39.1 Å². The summed E-state index contributed by atoms with van der Waals surface area (Å²) in [6.07, 6.45) is 0.741. The van der Waals surface area contributed by atoms with E-state index in [4.69, 9.17) is 16.3 Å². The molecule has 2 amide bonds. The molecule has 39 heavy (non-hydrogen) atoms. The molecule has 0 saturated heterocycles. The molecule has 3 rings (SSSR count). The van der Waals surface area contributed by atoms with Crippen molar-refractivity contribution in [2.24, 2.45) is 0 Å². The van der Waals surface area contributed by atoms with E-state index >= 15 is 0 Å². The number of aryl methyl sites for hydroxylation is 1. The molecule has 1 N–H and O–H groups in total. The van der Waals surface area contributed by atoms with E-state index in [1.807, 2.05) is 13.8 Å². The van der Waals surface area contributed by atoms with Crippen LogP contribution in [0.15, 0.2) is 77.7 Å². The van der Waals surface area contributed by atoms with Gasteiger partial charge in [-0.15, -0.1) is 0 Å². The predicted octanol–water partition coefficient (Wildman–Crippen LogP) is 4.80. The van der Waals surface area contributed by atoms with Crippen molar-refractivity contribution in [3.8, 4) is 5.75 Å². The van der Waals surface area contributed by atoms with Crippen LogP contribution in [0.1, 0.15) is 31.4 Å². The van der Waals surface area contributed by atoms with Crippen LogP contribution in [0.4, 0.5) is 5.69 Å². The summed E-state index contributed by atoms with van der Waals surface area (Å²) in [4.78, 5) is 28.1. The lowest BCUT2D eigenvalue weighted by Crippen LogP contribution is -2.51. The molecular weight excluding hydrogens is 538 g/mol. The fraction of sp³-hybridized carbons (Fsp3) is 0.310. The number of nitrogens with zero attached hydrogens (tertiary/aromatic N) is 2. The number of hydrogen-bond acceptors (Lipinski definition) is 5. The van der Waals surface area contributed by atoms with Gasteiger partial charge in [-0.05, 0) is 74.4 Å². The van der Waals surface area contributed by atoms with Gasteiger partial charge in [-0.25, -0.2) is 8.42 Å². The molecule has 0 aliphatic carbocycles. The maximum atomic E-state index is 13.9. The first-order valence-corrected chi connectivity index (χ1v) is 14.4. The highest BCUT2D eigenvalue weighted by atomic mass is 35.5. The van der Waals surface area contributed by atoms with Gasteiger partial charge in [-0.1, -0.05) is 48.4 Å². The number of halogens is 1. The van der Waals surface area contributed by atoms with Gasteiger partial charge in [-0.2, -0.15) is 0 Å². The number of benzene rings is 3. The lowest BCUT2D eigenvalue weighted by Gasteiger charge is -2.32. The lowest BCUT2D eigenvalue weighted by atomic mass is 10.1. The zero-order valence-electron chi connectivity index (χ0n) is 22.6. The van der Waals surface area contributed by atoms with Crippen LogP contribution in [0.2, 0.25) is 5.02 Å². The Balaban J connectivity index is 2.00. The fourth-order valence-electron chi connectivity index (χ4n) is 3.88. The summed E-state index contributed by atoms with van der Waals surface area (Å²) in [7, 11) is -2.65. The summed E-state index contributed by atoms with van der Waals surface area (Å²) in [6.45, 7) is 5.52. The van der Waals surface area contributed by atoms with E-state index in [2.05, 4.69) is 5.32 Å². The first-order chi connectivity index (χ1) is 18.6. The monoisotopic (exact) mass is 571 g/mol. The summed E-state index contributed by atoms with van der Waals surface area (Å²) >= 11 is 6.03. The minimum atomic E-state index is -4.15. The van der Waals surface area contributed by atoms with Crippen molar-refractivity contribution in [2.45, 2.75) is 44.7 Å².